The van der Waals surface area contributed by atoms with Gasteiger partial charge in [0.2, 0.25) is 5.91 Å². The van der Waals surface area contributed by atoms with Crippen molar-refractivity contribution in [3.05, 3.63) is 30.1 Å². The summed E-state index contributed by atoms with van der Waals surface area (Å²) in [6, 6.07) is 8.47. The third-order valence-corrected chi connectivity index (χ3v) is 4.69. The lowest BCUT2D eigenvalue weighted by Gasteiger charge is -2.09. The Morgan fingerprint density at radius 3 is 2.64 bits per heavy atom. The van der Waals surface area contributed by atoms with E-state index in [0.29, 0.717) is 6.42 Å². The summed E-state index contributed by atoms with van der Waals surface area (Å²) < 4.78 is 2.42. The Kier molecular flexibility index (Phi) is 8.50. The van der Waals surface area contributed by atoms with Crippen LogP contribution in [0, 0.1) is 0 Å². The molecule has 138 valence electrons. The molecule has 1 heterocycles. The Morgan fingerprint density at radius 1 is 1.04 bits per heavy atom. The lowest BCUT2D eigenvalue weighted by atomic mass is 10.1. The first-order valence-electron chi connectivity index (χ1n) is 9.97. The van der Waals surface area contributed by atoms with Crippen molar-refractivity contribution in [3.8, 4) is 0 Å². The molecule has 0 aliphatic carbocycles. The van der Waals surface area contributed by atoms with E-state index in [1.165, 1.54) is 37.0 Å². The predicted molar refractivity (Wildman–Crippen MR) is 105 cm³/mol. The monoisotopic (exact) mass is 343 g/mol. The number of unbranched alkanes of at least 4 members (excludes halogenated alkanes) is 5. The lowest BCUT2D eigenvalue weighted by molar-refractivity contribution is -0.120. The topological polar surface area (TPSA) is 46.9 Å². The van der Waals surface area contributed by atoms with E-state index in [4.69, 9.17) is 4.98 Å². The van der Waals surface area contributed by atoms with E-state index < -0.39 is 0 Å². The van der Waals surface area contributed by atoms with Crippen LogP contribution >= 0.6 is 0 Å². The molecule has 0 bridgehead atoms. The van der Waals surface area contributed by atoms with Crippen LogP contribution in [0.4, 0.5) is 0 Å². The van der Waals surface area contributed by atoms with Gasteiger partial charge in [-0.05, 0) is 31.4 Å². The molecule has 2 aromatic rings. The predicted octanol–water partition coefficient (Wildman–Crippen LogP) is 4.86. The van der Waals surface area contributed by atoms with Crippen LogP contribution < -0.4 is 5.32 Å². The Morgan fingerprint density at radius 2 is 1.84 bits per heavy atom. The highest BCUT2D eigenvalue weighted by atomic mass is 16.1. The van der Waals surface area contributed by atoms with Crippen LogP contribution in [0.3, 0.4) is 0 Å². The van der Waals surface area contributed by atoms with E-state index in [1.807, 2.05) is 6.92 Å². The van der Waals surface area contributed by atoms with Crippen molar-refractivity contribution in [2.75, 3.05) is 6.54 Å². The minimum Gasteiger partial charge on any atom is -0.356 e. The fourth-order valence-corrected chi connectivity index (χ4v) is 3.20. The number of para-hydroxylation sites is 2. The van der Waals surface area contributed by atoms with Crippen molar-refractivity contribution >= 4 is 16.9 Å². The lowest BCUT2D eigenvalue weighted by Crippen LogP contribution is -2.23. The number of nitrogens with zero attached hydrogens (tertiary/aromatic N) is 2. The molecule has 0 atom stereocenters. The van der Waals surface area contributed by atoms with E-state index in [-0.39, 0.29) is 5.91 Å². The summed E-state index contributed by atoms with van der Waals surface area (Å²) >= 11 is 0. The molecule has 0 saturated carbocycles. The van der Waals surface area contributed by atoms with E-state index in [0.717, 1.165) is 44.3 Å². The molecule has 2 rings (SSSR count). The number of carbonyl (C=O) groups excluding carboxylic acids is 1. The number of hydrogen-bond donors (Lipinski definition) is 1. The SMILES string of the molecule is CCCCCCn1c(CCCCCNC(=O)CC)nc2ccccc21. The molecule has 0 unspecified atom stereocenters. The van der Waals surface area contributed by atoms with Crippen LogP contribution in [-0.4, -0.2) is 22.0 Å². The summed E-state index contributed by atoms with van der Waals surface area (Å²) in [4.78, 5) is 16.1. The zero-order valence-corrected chi connectivity index (χ0v) is 15.9. The average Bonchev–Trinajstić information content (AvgIpc) is 2.99. The molecular weight excluding hydrogens is 310 g/mol. The maximum atomic E-state index is 11.2. The molecule has 1 aromatic heterocycles. The van der Waals surface area contributed by atoms with Crippen LogP contribution in [0.1, 0.15) is 71.0 Å². The number of fused-ring (bicyclic) bond motifs is 1. The van der Waals surface area contributed by atoms with Crippen LogP contribution in [0.25, 0.3) is 11.0 Å². The number of imidazole rings is 1. The standard InChI is InChI=1S/C21H33N3O/c1-3-5-6-12-17-24-19-14-10-9-13-18(19)23-20(24)15-8-7-11-16-22-21(25)4-2/h9-10,13-14H,3-8,11-12,15-17H2,1-2H3,(H,22,25). The summed E-state index contributed by atoms with van der Waals surface area (Å²) in [6.07, 6.45) is 9.99. The second-order valence-electron chi connectivity index (χ2n) is 6.74. The van der Waals surface area contributed by atoms with Gasteiger partial charge in [0, 0.05) is 25.9 Å². The number of rotatable bonds is 12. The van der Waals surface area contributed by atoms with Gasteiger partial charge >= 0.3 is 0 Å². The minimum atomic E-state index is 0.147. The van der Waals surface area contributed by atoms with Gasteiger partial charge in [0.25, 0.3) is 0 Å². The number of benzene rings is 1. The van der Waals surface area contributed by atoms with Gasteiger partial charge < -0.3 is 9.88 Å². The summed E-state index contributed by atoms with van der Waals surface area (Å²) in [5, 5.41) is 2.94. The highest BCUT2D eigenvalue weighted by Crippen LogP contribution is 2.19. The fourth-order valence-electron chi connectivity index (χ4n) is 3.20. The molecule has 0 aliphatic rings. The number of nitrogens with one attached hydrogen (secondary N) is 1. The van der Waals surface area contributed by atoms with Crippen LogP contribution in [0.5, 0.6) is 0 Å². The summed E-state index contributed by atoms with van der Waals surface area (Å²) in [5.41, 5.74) is 2.38. The van der Waals surface area contributed by atoms with E-state index in [9.17, 15) is 4.79 Å². The largest absolute Gasteiger partial charge is 0.356 e. The van der Waals surface area contributed by atoms with Gasteiger partial charge in [-0.1, -0.05) is 51.7 Å². The highest BCUT2D eigenvalue weighted by Gasteiger charge is 2.09. The number of aryl methyl sites for hydroxylation is 2. The minimum absolute atomic E-state index is 0.147. The quantitative estimate of drug-likeness (QED) is 0.560. The molecule has 4 nitrogen and oxygen atoms in total. The van der Waals surface area contributed by atoms with Crippen LogP contribution in [-0.2, 0) is 17.8 Å². The summed E-state index contributed by atoms with van der Waals surface area (Å²) in [5.74, 6) is 1.36. The van der Waals surface area contributed by atoms with Crippen molar-refractivity contribution in [1.29, 1.82) is 0 Å². The second-order valence-corrected chi connectivity index (χ2v) is 6.74. The van der Waals surface area contributed by atoms with Gasteiger partial charge in [0.15, 0.2) is 0 Å². The van der Waals surface area contributed by atoms with Gasteiger partial charge in [0.1, 0.15) is 5.82 Å². The first-order valence-corrected chi connectivity index (χ1v) is 9.97. The van der Waals surface area contributed by atoms with Gasteiger partial charge in [-0.3, -0.25) is 4.79 Å². The summed E-state index contributed by atoms with van der Waals surface area (Å²) in [6.45, 7) is 6.00. The van der Waals surface area contributed by atoms with E-state index >= 15 is 0 Å². The molecule has 25 heavy (non-hydrogen) atoms. The van der Waals surface area contributed by atoms with Crippen molar-refractivity contribution in [1.82, 2.24) is 14.9 Å². The summed E-state index contributed by atoms with van der Waals surface area (Å²) in [7, 11) is 0. The van der Waals surface area contributed by atoms with Crippen molar-refractivity contribution < 1.29 is 4.79 Å². The van der Waals surface area contributed by atoms with Gasteiger partial charge in [0.05, 0.1) is 11.0 Å². The number of carbonyl (C=O) groups is 1. The van der Waals surface area contributed by atoms with Crippen molar-refractivity contribution in [2.24, 2.45) is 0 Å². The molecular formula is C21H33N3O. The Hall–Kier alpha value is -1.84. The van der Waals surface area contributed by atoms with Crippen LogP contribution in [0.2, 0.25) is 0 Å². The number of amides is 1. The first kappa shape index (κ1) is 19.5. The molecule has 0 saturated heterocycles. The molecule has 1 aromatic carbocycles. The second kappa shape index (κ2) is 10.9. The third-order valence-electron chi connectivity index (χ3n) is 4.69. The van der Waals surface area contributed by atoms with Gasteiger partial charge in [-0.25, -0.2) is 4.98 Å². The average molecular weight is 344 g/mol. The molecule has 1 amide bonds. The van der Waals surface area contributed by atoms with Crippen LogP contribution in [0.15, 0.2) is 24.3 Å². The Bertz CT molecular complexity index is 648. The fraction of sp³-hybridized carbons (Fsp3) is 0.619. The highest BCUT2D eigenvalue weighted by molar-refractivity contribution is 5.76. The Balaban J connectivity index is 1.87. The molecule has 4 heteroatoms. The number of aromatic nitrogens is 2. The molecule has 1 N–H and O–H groups in total. The zero-order valence-electron chi connectivity index (χ0n) is 15.9. The van der Waals surface area contributed by atoms with E-state index in [2.05, 4.69) is 41.1 Å². The van der Waals surface area contributed by atoms with Gasteiger partial charge in [-0.15, -0.1) is 0 Å². The smallest absolute Gasteiger partial charge is 0.219 e. The molecule has 0 aliphatic heterocycles. The molecule has 0 spiro atoms. The molecule has 0 fully saturated rings. The first-order chi connectivity index (χ1) is 12.3. The van der Waals surface area contributed by atoms with Gasteiger partial charge in [-0.2, -0.15) is 0 Å². The Labute approximate surface area is 152 Å². The third kappa shape index (κ3) is 6.18. The zero-order chi connectivity index (χ0) is 17.9. The van der Waals surface area contributed by atoms with E-state index in [1.54, 1.807) is 0 Å². The van der Waals surface area contributed by atoms with Crippen molar-refractivity contribution in [2.45, 2.75) is 78.2 Å². The van der Waals surface area contributed by atoms with Crippen molar-refractivity contribution in [3.63, 3.8) is 0 Å². The maximum absolute atomic E-state index is 11.2. The normalized spacial score (nSPS) is 11.1. The molecule has 0 radical (unpaired) electrons. The number of hydrogen-bond acceptors (Lipinski definition) is 2. The maximum Gasteiger partial charge on any atom is 0.219 e.